The fraction of sp³-hybridized carbons (Fsp3) is 1.00. The summed E-state index contributed by atoms with van der Waals surface area (Å²) in [5, 5.41) is 0. The number of hydrogen-bond acceptors (Lipinski definition) is 4. The van der Waals surface area contributed by atoms with Gasteiger partial charge in [-0.05, 0) is 50.6 Å². The van der Waals surface area contributed by atoms with E-state index in [-0.39, 0.29) is 0 Å². The van der Waals surface area contributed by atoms with Crippen LogP contribution in [0.5, 0.6) is 0 Å². The van der Waals surface area contributed by atoms with Crippen LogP contribution >= 0.6 is 11.8 Å². The van der Waals surface area contributed by atoms with Crippen LogP contribution in [0.1, 0.15) is 26.2 Å². The molecule has 0 atom stereocenters. The molecule has 4 heteroatoms. The molecular formula is C15H30N2OS. The molecule has 0 radical (unpaired) electrons. The molecule has 19 heavy (non-hydrogen) atoms. The van der Waals surface area contributed by atoms with E-state index in [0.29, 0.717) is 0 Å². The van der Waals surface area contributed by atoms with E-state index in [9.17, 15) is 0 Å². The molecule has 2 saturated heterocycles. The van der Waals surface area contributed by atoms with E-state index in [4.69, 9.17) is 4.74 Å². The Morgan fingerprint density at radius 3 is 2.37 bits per heavy atom. The minimum absolute atomic E-state index is 0.938. The van der Waals surface area contributed by atoms with Crippen LogP contribution in [0.25, 0.3) is 0 Å². The number of piperidine rings is 1. The van der Waals surface area contributed by atoms with Crippen molar-refractivity contribution in [3.05, 3.63) is 0 Å². The van der Waals surface area contributed by atoms with E-state index in [2.05, 4.69) is 28.5 Å². The lowest BCUT2D eigenvalue weighted by Gasteiger charge is -2.33. The van der Waals surface area contributed by atoms with Crippen LogP contribution in [-0.4, -0.2) is 73.8 Å². The molecule has 112 valence electrons. The summed E-state index contributed by atoms with van der Waals surface area (Å²) in [5.74, 6) is 3.54. The lowest BCUT2D eigenvalue weighted by molar-refractivity contribution is 0.0336. The number of thioether (sulfide) groups is 1. The number of likely N-dealkylation sites (tertiary alicyclic amines) is 1. The number of morpholine rings is 1. The lowest BCUT2D eigenvalue weighted by Crippen LogP contribution is -2.39. The molecule has 0 aromatic rings. The van der Waals surface area contributed by atoms with Crippen molar-refractivity contribution in [1.82, 2.24) is 9.80 Å². The van der Waals surface area contributed by atoms with E-state index in [0.717, 1.165) is 32.2 Å². The Balaban J connectivity index is 1.53. The van der Waals surface area contributed by atoms with Gasteiger partial charge >= 0.3 is 0 Å². The lowest BCUT2D eigenvalue weighted by atomic mass is 9.93. The van der Waals surface area contributed by atoms with Gasteiger partial charge in [0.05, 0.1) is 13.2 Å². The molecule has 2 rings (SSSR count). The predicted molar refractivity (Wildman–Crippen MR) is 84.0 cm³/mol. The van der Waals surface area contributed by atoms with Crippen molar-refractivity contribution in [2.45, 2.75) is 26.2 Å². The van der Waals surface area contributed by atoms with Crippen LogP contribution in [0.15, 0.2) is 0 Å². The summed E-state index contributed by atoms with van der Waals surface area (Å²) in [4.78, 5) is 5.24. The molecule has 0 saturated carbocycles. The smallest absolute Gasteiger partial charge is 0.0594 e. The standard InChI is InChI=1S/C15H30N2OS/c1-2-19-14-11-16-6-3-15(4-7-16)5-8-17-9-12-18-13-10-17/h15H,2-14H2,1H3. The minimum atomic E-state index is 0.938. The number of nitrogens with zero attached hydrogens (tertiary/aromatic N) is 2. The van der Waals surface area contributed by atoms with Crippen LogP contribution in [0.2, 0.25) is 0 Å². The van der Waals surface area contributed by atoms with Gasteiger partial charge in [0.25, 0.3) is 0 Å². The Bertz CT molecular complexity index is 226. The quantitative estimate of drug-likeness (QED) is 0.666. The highest BCUT2D eigenvalue weighted by Gasteiger charge is 2.20. The normalized spacial score (nSPS) is 23.8. The SMILES string of the molecule is CCSCCN1CCC(CCN2CCOCC2)CC1. The maximum absolute atomic E-state index is 5.40. The molecule has 2 aliphatic heterocycles. The molecule has 0 amide bonds. The van der Waals surface area contributed by atoms with Crippen LogP contribution in [0.3, 0.4) is 0 Å². The fourth-order valence-electron chi connectivity index (χ4n) is 3.03. The third-order valence-electron chi connectivity index (χ3n) is 4.42. The van der Waals surface area contributed by atoms with Crippen molar-refractivity contribution in [2.24, 2.45) is 5.92 Å². The summed E-state index contributed by atoms with van der Waals surface area (Å²) in [6.07, 6.45) is 4.24. The minimum Gasteiger partial charge on any atom is -0.379 e. The first kappa shape index (κ1) is 15.6. The molecular weight excluding hydrogens is 256 g/mol. The van der Waals surface area contributed by atoms with Crippen molar-refractivity contribution in [2.75, 3.05) is 64.0 Å². The maximum Gasteiger partial charge on any atom is 0.0594 e. The van der Waals surface area contributed by atoms with Crippen LogP contribution in [-0.2, 0) is 4.74 Å². The molecule has 0 aromatic heterocycles. The van der Waals surface area contributed by atoms with Gasteiger partial charge in [0.15, 0.2) is 0 Å². The van der Waals surface area contributed by atoms with E-state index in [1.54, 1.807) is 0 Å². The van der Waals surface area contributed by atoms with Crippen molar-refractivity contribution >= 4 is 11.8 Å². The zero-order valence-corrected chi connectivity index (χ0v) is 13.3. The Morgan fingerprint density at radius 2 is 1.68 bits per heavy atom. The second kappa shape index (κ2) is 9.22. The summed E-state index contributed by atoms with van der Waals surface area (Å²) >= 11 is 2.07. The summed E-state index contributed by atoms with van der Waals surface area (Å²) < 4.78 is 5.40. The van der Waals surface area contributed by atoms with Gasteiger partial charge < -0.3 is 9.64 Å². The topological polar surface area (TPSA) is 15.7 Å². The molecule has 0 N–H and O–H groups in total. The van der Waals surface area contributed by atoms with Crippen molar-refractivity contribution in [3.8, 4) is 0 Å². The van der Waals surface area contributed by atoms with Gasteiger partial charge in [-0.1, -0.05) is 6.92 Å². The van der Waals surface area contributed by atoms with Gasteiger partial charge in [-0.2, -0.15) is 11.8 Å². The Morgan fingerprint density at radius 1 is 1.00 bits per heavy atom. The monoisotopic (exact) mass is 286 g/mol. The summed E-state index contributed by atoms with van der Waals surface area (Å²) in [6.45, 7) is 11.7. The highest BCUT2D eigenvalue weighted by molar-refractivity contribution is 7.99. The van der Waals surface area contributed by atoms with Crippen LogP contribution in [0, 0.1) is 5.92 Å². The van der Waals surface area contributed by atoms with Gasteiger partial charge in [-0.25, -0.2) is 0 Å². The molecule has 0 unspecified atom stereocenters. The fourth-order valence-corrected chi connectivity index (χ4v) is 3.70. The average molecular weight is 286 g/mol. The average Bonchev–Trinajstić information content (AvgIpc) is 2.48. The largest absolute Gasteiger partial charge is 0.379 e. The first-order chi connectivity index (χ1) is 9.38. The summed E-state index contributed by atoms with van der Waals surface area (Å²) in [7, 11) is 0. The zero-order valence-electron chi connectivity index (χ0n) is 12.5. The van der Waals surface area contributed by atoms with E-state index >= 15 is 0 Å². The maximum atomic E-state index is 5.40. The highest BCUT2D eigenvalue weighted by Crippen LogP contribution is 2.21. The van der Waals surface area contributed by atoms with Crippen LogP contribution < -0.4 is 0 Å². The van der Waals surface area contributed by atoms with Gasteiger partial charge in [-0.15, -0.1) is 0 Å². The molecule has 0 spiro atoms. The molecule has 2 fully saturated rings. The van der Waals surface area contributed by atoms with Crippen molar-refractivity contribution in [1.29, 1.82) is 0 Å². The first-order valence-corrected chi connectivity index (χ1v) is 9.14. The van der Waals surface area contributed by atoms with E-state index in [1.807, 2.05) is 0 Å². The summed E-state index contributed by atoms with van der Waals surface area (Å²) in [6, 6.07) is 0. The van der Waals surface area contributed by atoms with Crippen LogP contribution in [0.4, 0.5) is 0 Å². The Kier molecular flexibility index (Phi) is 7.58. The van der Waals surface area contributed by atoms with Gasteiger partial charge in [0.2, 0.25) is 0 Å². The molecule has 0 aliphatic carbocycles. The van der Waals surface area contributed by atoms with Crippen molar-refractivity contribution in [3.63, 3.8) is 0 Å². The third-order valence-corrected chi connectivity index (χ3v) is 5.30. The Labute approximate surface area is 123 Å². The molecule has 0 bridgehead atoms. The summed E-state index contributed by atoms with van der Waals surface area (Å²) in [5.41, 5.74) is 0. The number of ether oxygens (including phenoxy) is 1. The second-order valence-corrected chi connectivity index (χ2v) is 7.12. The van der Waals surface area contributed by atoms with Gasteiger partial charge in [0.1, 0.15) is 0 Å². The third kappa shape index (κ3) is 6.03. The van der Waals surface area contributed by atoms with Gasteiger partial charge in [-0.3, -0.25) is 4.90 Å². The highest BCUT2D eigenvalue weighted by atomic mass is 32.2. The molecule has 2 heterocycles. The predicted octanol–water partition coefficient (Wildman–Crippen LogP) is 2.17. The molecule has 0 aromatic carbocycles. The second-order valence-electron chi connectivity index (χ2n) is 5.72. The van der Waals surface area contributed by atoms with E-state index < -0.39 is 0 Å². The Hall–Kier alpha value is 0.230. The molecule has 3 nitrogen and oxygen atoms in total. The number of hydrogen-bond donors (Lipinski definition) is 0. The van der Waals surface area contributed by atoms with Crippen molar-refractivity contribution < 1.29 is 4.74 Å². The van der Waals surface area contributed by atoms with E-state index in [1.165, 1.54) is 56.9 Å². The zero-order chi connectivity index (χ0) is 13.3. The molecule has 2 aliphatic rings. The van der Waals surface area contributed by atoms with Gasteiger partial charge in [0, 0.05) is 25.4 Å². The first-order valence-electron chi connectivity index (χ1n) is 7.98. The number of rotatable bonds is 7.